The van der Waals surface area contributed by atoms with E-state index in [9.17, 15) is 25.2 Å². The van der Waals surface area contributed by atoms with Gasteiger partial charge in [-0.25, -0.2) is 0 Å². The quantitative estimate of drug-likeness (QED) is 0.0912. The molecule has 3 fully saturated rings. The van der Waals surface area contributed by atoms with Crippen molar-refractivity contribution in [3.8, 4) is 5.75 Å². The number of piperidine rings is 1. The Kier molecular flexibility index (Phi) is 11.6. The number of benzene rings is 2. The average Bonchev–Trinajstić information content (AvgIpc) is 3.92. The molecule has 1 aromatic heterocycles. The molecule has 2 aromatic carbocycles. The lowest BCUT2D eigenvalue weighted by atomic mass is 9.47. The van der Waals surface area contributed by atoms with Gasteiger partial charge < -0.3 is 45.1 Å². The van der Waals surface area contributed by atoms with Crippen molar-refractivity contribution < 1.29 is 57.0 Å². The summed E-state index contributed by atoms with van der Waals surface area (Å²) >= 11 is 0. The van der Waals surface area contributed by atoms with Crippen molar-refractivity contribution in [1.29, 1.82) is 0 Å². The van der Waals surface area contributed by atoms with Crippen LogP contribution in [0.2, 0.25) is 0 Å². The summed E-state index contributed by atoms with van der Waals surface area (Å²) in [5, 5.41) is 51.2. The molecule has 1 saturated carbocycles. The summed E-state index contributed by atoms with van der Waals surface area (Å²) in [5.74, 6) is -0.801. The predicted octanol–water partition coefficient (Wildman–Crippen LogP) is 1.70. The van der Waals surface area contributed by atoms with E-state index in [1.807, 2.05) is 62.2 Å². The predicted molar refractivity (Wildman–Crippen MR) is 233 cm³/mol. The number of H-pyrrole nitrogens is 1. The molecule has 10 unspecified atom stereocenters. The number of nitrogens with one attached hydrogen (secondary N) is 2. The number of aromatic amines is 1. The summed E-state index contributed by atoms with van der Waals surface area (Å²) in [7, 11) is 0.232. The monoisotopic (exact) mass is 895 g/mol. The van der Waals surface area contributed by atoms with Gasteiger partial charge in [-0.05, 0) is 74.2 Å². The van der Waals surface area contributed by atoms with Crippen molar-refractivity contribution in [3.63, 3.8) is 0 Å². The third-order valence-electron chi connectivity index (χ3n) is 15.6. The summed E-state index contributed by atoms with van der Waals surface area (Å²) in [4.78, 5) is 40.1. The van der Waals surface area contributed by atoms with Gasteiger partial charge in [0.15, 0.2) is 5.60 Å². The SMILES string of the molecule is CCC1(O)CC2CN(CCc3c([nH]c4ccccc34)C(C(=O)OC)(c3cc4c(cc3OC)N(C)C3C(O)(C(=O)NCCO)C(O)C5(CC)C=CCN6CCC43C65)C2)C1.O=S(=O)(O)O. The second kappa shape index (κ2) is 16.1. The highest BCUT2D eigenvalue weighted by Crippen LogP contribution is 2.67. The number of fused-ring (bicyclic) bond motifs is 6. The summed E-state index contributed by atoms with van der Waals surface area (Å²) in [6, 6.07) is 11.0. The van der Waals surface area contributed by atoms with Gasteiger partial charge in [0.2, 0.25) is 0 Å². The molecule has 3 aromatic rings. The molecule has 10 atom stereocenters. The van der Waals surface area contributed by atoms with E-state index in [1.165, 1.54) is 7.11 Å². The Morgan fingerprint density at radius 3 is 2.41 bits per heavy atom. The van der Waals surface area contributed by atoms with Crippen molar-refractivity contribution >= 4 is 38.9 Å². The Morgan fingerprint density at radius 2 is 1.75 bits per heavy atom. The number of nitrogens with zero attached hydrogens (tertiary/aromatic N) is 3. The van der Waals surface area contributed by atoms with Crippen molar-refractivity contribution in [2.75, 3.05) is 72.0 Å². The Morgan fingerprint density at radius 1 is 1.02 bits per heavy atom. The van der Waals surface area contributed by atoms with Crippen molar-refractivity contribution in [3.05, 3.63) is 70.9 Å². The first-order valence-electron chi connectivity index (χ1n) is 21.8. The molecule has 17 nitrogen and oxygen atoms in total. The molecule has 2 bridgehead atoms. The second-order valence-corrected chi connectivity index (χ2v) is 19.4. The Hall–Kier alpha value is -4.11. The number of anilines is 1. The number of amides is 1. The van der Waals surface area contributed by atoms with Gasteiger partial charge in [0.25, 0.3) is 5.91 Å². The summed E-state index contributed by atoms with van der Waals surface area (Å²) in [5.41, 5.74) is -1.57. The molecule has 8 N–H and O–H groups in total. The summed E-state index contributed by atoms with van der Waals surface area (Å²) in [6.07, 6.45) is 5.71. The van der Waals surface area contributed by atoms with Crippen LogP contribution in [0, 0.1) is 11.3 Å². The number of aliphatic hydroxyl groups is 4. The molecule has 6 heterocycles. The second-order valence-electron chi connectivity index (χ2n) is 18.6. The first-order chi connectivity index (χ1) is 29.8. The normalized spacial score (nSPS) is 35.5. The van der Waals surface area contributed by atoms with Crippen LogP contribution in [-0.4, -0.2) is 161 Å². The summed E-state index contributed by atoms with van der Waals surface area (Å²) in [6.45, 7) is 6.94. The highest BCUT2D eigenvalue weighted by molar-refractivity contribution is 7.79. The van der Waals surface area contributed by atoms with Gasteiger partial charge in [0.1, 0.15) is 17.3 Å². The fourth-order valence-corrected chi connectivity index (χ4v) is 13.3. The molecule has 6 aliphatic rings. The maximum absolute atomic E-state index is 15.3. The van der Waals surface area contributed by atoms with E-state index in [4.69, 9.17) is 27.0 Å². The minimum atomic E-state index is -4.67. The topological polar surface area (TPSA) is 246 Å². The van der Waals surface area contributed by atoms with Crippen LogP contribution in [0.25, 0.3) is 10.9 Å². The van der Waals surface area contributed by atoms with Crippen LogP contribution in [0.5, 0.6) is 5.75 Å². The minimum absolute atomic E-state index is 0.0764. The van der Waals surface area contributed by atoms with Gasteiger partial charge in [-0.15, -0.1) is 0 Å². The fraction of sp³-hybridized carbons (Fsp3) is 0.600. The number of rotatable bonds is 8. The molecule has 1 spiro atoms. The maximum Gasteiger partial charge on any atom is 0.394 e. The zero-order valence-electron chi connectivity index (χ0n) is 36.5. The number of likely N-dealkylation sites (N-methyl/N-ethyl adjacent to an activating group) is 1. The minimum Gasteiger partial charge on any atom is -0.496 e. The molecular weight excluding hydrogens is 835 g/mol. The molecule has 5 aliphatic heterocycles. The zero-order valence-corrected chi connectivity index (χ0v) is 37.3. The van der Waals surface area contributed by atoms with Crippen molar-refractivity contribution in [2.45, 2.75) is 92.6 Å². The van der Waals surface area contributed by atoms with Gasteiger partial charge in [-0.2, -0.15) is 8.42 Å². The Labute approximate surface area is 367 Å². The number of esters is 1. The van der Waals surface area contributed by atoms with E-state index < -0.39 is 61.9 Å². The number of methoxy groups -OCH3 is 2. The molecule has 18 heteroatoms. The molecule has 63 heavy (non-hydrogen) atoms. The van der Waals surface area contributed by atoms with Gasteiger partial charge in [0, 0.05) is 90.6 Å². The van der Waals surface area contributed by atoms with E-state index in [0.717, 1.165) is 33.4 Å². The molecule has 1 aliphatic carbocycles. The average molecular weight is 896 g/mol. The Balaban J connectivity index is 0.00000103. The molecule has 344 valence electrons. The van der Waals surface area contributed by atoms with E-state index in [0.29, 0.717) is 82.6 Å². The number of aliphatic hydroxyl groups excluding tert-OH is 2. The van der Waals surface area contributed by atoms with Gasteiger partial charge in [0.05, 0.1) is 32.5 Å². The standard InChI is InChI=1S/C45H59N5O8.H2O4S/c1-6-41(55)23-27-24-44(40(54)58-5,35-29(13-18-49(25-27)26-41)28-11-8-9-12-32(28)47-35)31-21-30-33(22-34(31)57-4)48(3)37-43(30)15-19-50-17-10-14-42(7-2,36(43)50)38(52)45(37,56)39(53)46-16-20-51;1-5(2,3)4/h8-12,14,21-22,27,36-38,47,51-52,55-56H,6-7,13,15-20,23-26H2,1-5H3,(H,46,53);(H2,1,2,3,4). The van der Waals surface area contributed by atoms with Crippen molar-refractivity contribution in [1.82, 2.24) is 20.1 Å². The van der Waals surface area contributed by atoms with Gasteiger partial charge in [-0.3, -0.25) is 28.5 Å². The van der Waals surface area contributed by atoms with Crippen LogP contribution in [0.15, 0.2) is 48.6 Å². The third kappa shape index (κ3) is 6.73. The van der Waals surface area contributed by atoms with Crippen LogP contribution >= 0.6 is 0 Å². The van der Waals surface area contributed by atoms with E-state index in [2.05, 4.69) is 32.2 Å². The fourth-order valence-electron chi connectivity index (χ4n) is 13.3. The van der Waals surface area contributed by atoms with Crippen LogP contribution in [0.3, 0.4) is 0 Å². The Bertz CT molecular complexity index is 2420. The molecule has 2 saturated heterocycles. The first-order valence-corrected chi connectivity index (χ1v) is 23.2. The number of carbonyl (C=O) groups excluding carboxylic acids is 2. The van der Waals surface area contributed by atoms with Crippen LogP contribution in [0.4, 0.5) is 5.69 Å². The number of carbonyl (C=O) groups is 2. The van der Waals surface area contributed by atoms with Gasteiger partial charge >= 0.3 is 16.4 Å². The molecule has 1 amide bonds. The number of hydrogen-bond acceptors (Lipinski definition) is 13. The van der Waals surface area contributed by atoms with E-state index >= 15 is 4.79 Å². The van der Waals surface area contributed by atoms with Crippen LogP contribution < -0.4 is 15.0 Å². The third-order valence-corrected chi connectivity index (χ3v) is 15.6. The number of ether oxygens (including phenoxy) is 2. The van der Waals surface area contributed by atoms with E-state index in [-0.39, 0.29) is 25.1 Å². The van der Waals surface area contributed by atoms with Crippen LogP contribution in [0.1, 0.15) is 68.3 Å². The van der Waals surface area contributed by atoms with Crippen molar-refractivity contribution in [2.24, 2.45) is 11.3 Å². The molecular formula is C45H61N5O12S. The lowest BCUT2D eigenvalue weighted by Crippen LogP contribution is -2.81. The highest BCUT2D eigenvalue weighted by atomic mass is 32.3. The van der Waals surface area contributed by atoms with E-state index in [1.54, 1.807) is 7.11 Å². The number of hydrogen-bond donors (Lipinski definition) is 8. The lowest BCUT2D eigenvalue weighted by molar-refractivity contribution is -0.203. The maximum atomic E-state index is 15.3. The number of para-hydroxylation sites is 1. The molecule has 9 rings (SSSR count). The van der Waals surface area contributed by atoms with Crippen LogP contribution in [-0.2, 0) is 42.0 Å². The first kappa shape index (κ1) is 45.5. The largest absolute Gasteiger partial charge is 0.496 e. The smallest absolute Gasteiger partial charge is 0.394 e. The zero-order chi connectivity index (χ0) is 45.5. The highest BCUT2D eigenvalue weighted by Gasteiger charge is 2.78. The molecule has 0 radical (unpaired) electrons. The van der Waals surface area contributed by atoms with Gasteiger partial charge in [-0.1, -0.05) is 44.2 Å². The lowest BCUT2D eigenvalue weighted by Gasteiger charge is -2.63. The summed E-state index contributed by atoms with van der Waals surface area (Å²) < 4.78 is 43.9. The number of aromatic nitrogens is 1.